The van der Waals surface area contributed by atoms with Gasteiger partial charge in [0.2, 0.25) is 0 Å². The lowest BCUT2D eigenvalue weighted by atomic mass is 10.1. The van der Waals surface area contributed by atoms with E-state index in [0.29, 0.717) is 4.47 Å². The van der Waals surface area contributed by atoms with E-state index < -0.39 is 17.5 Å². The Bertz CT molecular complexity index is 726. The first-order valence-electron chi connectivity index (χ1n) is 5.47. The second-order valence-corrected chi connectivity index (χ2v) is 4.73. The molecule has 2 rings (SSSR count). The second-order valence-electron chi connectivity index (χ2n) is 3.88. The zero-order valence-corrected chi connectivity index (χ0v) is 11.5. The maximum absolute atomic E-state index is 13.1. The monoisotopic (exact) mass is 336 g/mol. The van der Waals surface area contributed by atoms with Crippen molar-refractivity contribution in [1.29, 1.82) is 5.26 Å². The fraction of sp³-hybridized carbons (Fsp3) is 0. The molecule has 2 aromatic carbocycles. The molecule has 3 nitrogen and oxygen atoms in total. The minimum absolute atomic E-state index is 0.00845. The fourth-order valence-corrected chi connectivity index (χ4v) is 2.01. The summed E-state index contributed by atoms with van der Waals surface area (Å²) in [6, 6.07) is 8.86. The third-order valence-corrected chi connectivity index (χ3v) is 3.21. The van der Waals surface area contributed by atoms with Gasteiger partial charge in [-0.3, -0.25) is 4.79 Å². The molecule has 0 aliphatic rings. The highest BCUT2D eigenvalue weighted by atomic mass is 79.9. The van der Waals surface area contributed by atoms with Gasteiger partial charge in [-0.2, -0.15) is 5.26 Å². The molecule has 1 amide bonds. The van der Waals surface area contributed by atoms with Crippen molar-refractivity contribution >= 4 is 27.5 Å². The van der Waals surface area contributed by atoms with E-state index in [1.807, 2.05) is 0 Å². The van der Waals surface area contributed by atoms with E-state index in [4.69, 9.17) is 5.26 Å². The van der Waals surface area contributed by atoms with Crippen molar-refractivity contribution in [1.82, 2.24) is 0 Å². The highest BCUT2D eigenvalue weighted by molar-refractivity contribution is 9.10. The molecule has 2 aromatic rings. The van der Waals surface area contributed by atoms with Gasteiger partial charge in [0.25, 0.3) is 5.91 Å². The van der Waals surface area contributed by atoms with Crippen LogP contribution in [0.4, 0.5) is 14.5 Å². The van der Waals surface area contributed by atoms with Gasteiger partial charge in [0, 0.05) is 4.47 Å². The summed E-state index contributed by atoms with van der Waals surface area (Å²) in [5.41, 5.74) is 0.235. The Balaban J connectivity index is 2.33. The average molecular weight is 337 g/mol. The molecule has 0 aliphatic heterocycles. The minimum atomic E-state index is -0.598. The highest BCUT2D eigenvalue weighted by Gasteiger charge is 2.13. The van der Waals surface area contributed by atoms with Gasteiger partial charge in [-0.05, 0) is 52.3 Å². The first-order chi connectivity index (χ1) is 9.51. The summed E-state index contributed by atoms with van der Waals surface area (Å²) in [6.07, 6.45) is 0. The van der Waals surface area contributed by atoms with Gasteiger partial charge in [0.05, 0.1) is 16.8 Å². The number of halogens is 3. The van der Waals surface area contributed by atoms with Crippen molar-refractivity contribution in [2.75, 3.05) is 5.32 Å². The molecule has 0 atom stereocenters. The van der Waals surface area contributed by atoms with E-state index in [-0.39, 0.29) is 16.8 Å². The summed E-state index contributed by atoms with van der Waals surface area (Å²) in [7, 11) is 0. The molecule has 0 fully saturated rings. The predicted octanol–water partition coefficient (Wildman–Crippen LogP) is 3.85. The average Bonchev–Trinajstić information content (AvgIpc) is 2.43. The van der Waals surface area contributed by atoms with Gasteiger partial charge in [-0.1, -0.05) is 0 Å². The number of carbonyl (C=O) groups is 1. The Hall–Kier alpha value is -2.26. The number of benzene rings is 2. The standard InChI is InChI=1S/C14H7BrF2N2O/c15-12-3-1-10(17)6-11(12)14(20)19-13-4-2-9(16)5-8(13)7-18/h1-6H,(H,19,20). The normalized spacial score (nSPS) is 9.90. The maximum Gasteiger partial charge on any atom is 0.256 e. The number of hydrogen-bond acceptors (Lipinski definition) is 2. The van der Waals surface area contributed by atoms with Gasteiger partial charge in [-0.25, -0.2) is 8.78 Å². The third kappa shape index (κ3) is 3.00. The number of hydrogen-bond donors (Lipinski definition) is 1. The van der Waals surface area contributed by atoms with E-state index in [1.54, 1.807) is 6.07 Å². The van der Waals surface area contributed by atoms with Gasteiger partial charge in [0.15, 0.2) is 0 Å². The molecule has 0 saturated carbocycles. The van der Waals surface area contributed by atoms with Crippen LogP contribution in [-0.2, 0) is 0 Å². The van der Waals surface area contributed by atoms with Crippen LogP contribution in [0.5, 0.6) is 0 Å². The van der Waals surface area contributed by atoms with Gasteiger partial charge in [0.1, 0.15) is 17.7 Å². The second kappa shape index (κ2) is 5.80. The maximum atomic E-state index is 13.1. The Labute approximate surface area is 122 Å². The zero-order chi connectivity index (χ0) is 14.7. The van der Waals surface area contributed by atoms with Crippen molar-refractivity contribution in [3.8, 4) is 6.07 Å². The lowest BCUT2D eigenvalue weighted by molar-refractivity contribution is 0.102. The van der Waals surface area contributed by atoms with Crippen molar-refractivity contribution in [2.45, 2.75) is 0 Å². The molecule has 0 bridgehead atoms. The molecular weight excluding hydrogens is 330 g/mol. The van der Waals surface area contributed by atoms with E-state index in [9.17, 15) is 13.6 Å². The Morgan fingerprint density at radius 2 is 1.80 bits per heavy atom. The lowest BCUT2D eigenvalue weighted by Gasteiger charge is -2.08. The smallest absolute Gasteiger partial charge is 0.256 e. The molecule has 0 heterocycles. The van der Waals surface area contributed by atoms with Crippen molar-refractivity contribution < 1.29 is 13.6 Å². The Morgan fingerprint density at radius 1 is 1.15 bits per heavy atom. The summed E-state index contributed by atoms with van der Waals surface area (Å²) in [6.45, 7) is 0. The number of nitriles is 1. The predicted molar refractivity (Wildman–Crippen MR) is 73.2 cm³/mol. The van der Waals surface area contributed by atoms with Crippen LogP contribution in [-0.4, -0.2) is 5.91 Å². The lowest BCUT2D eigenvalue weighted by Crippen LogP contribution is -2.14. The van der Waals surface area contributed by atoms with E-state index in [1.165, 1.54) is 18.2 Å². The molecule has 0 aromatic heterocycles. The SMILES string of the molecule is N#Cc1cc(F)ccc1NC(=O)c1cc(F)ccc1Br. The van der Waals surface area contributed by atoms with Crippen LogP contribution in [0.25, 0.3) is 0 Å². The highest BCUT2D eigenvalue weighted by Crippen LogP contribution is 2.21. The van der Waals surface area contributed by atoms with Crippen molar-refractivity contribution in [2.24, 2.45) is 0 Å². The first-order valence-corrected chi connectivity index (χ1v) is 6.26. The zero-order valence-electron chi connectivity index (χ0n) is 9.95. The van der Waals surface area contributed by atoms with E-state index >= 15 is 0 Å². The summed E-state index contributed by atoms with van der Waals surface area (Å²) in [5, 5.41) is 11.3. The summed E-state index contributed by atoms with van der Waals surface area (Å²) >= 11 is 3.14. The van der Waals surface area contributed by atoms with Gasteiger partial charge in [-0.15, -0.1) is 0 Å². The van der Waals surface area contributed by atoms with Crippen LogP contribution < -0.4 is 5.32 Å². The summed E-state index contributed by atoms with van der Waals surface area (Å²) in [4.78, 5) is 12.0. The number of carbonyl (C=O) groups excluding carboxylic acids is 1. The molecule has 0 spiro atoms. The summed E-state index contributed by atoms with van der Waals surface area (Å²) in [5.74, 6) is -1.73. The Kier molecular flexibility index (Phi) is 4.11. The minimum Gasteiger partial charge on any atom is -0.321 e. The summed E-state index contributed by atoms with van der Waals surface area (Å²) < 4.78 is 26.5. The number of amides is 1. The Morgan fingerprint density at radius 3 is 2.50 bits per heavy atom. The number of nitrogens with one attached hydrogen (secondary N) is 1. The fourth-order valence-electron chi connectivity index (χ4n) is 1.58. The van der Waals surface area contributed by atoms with Crippen LogP contribution in [0.1, 0.15) is 15.9 Å². The molecular formula is C14H7BrF2N2O. The van der Waals surface area contributed by atoms with Gasteiger partial charge < -0.3 is 5.32 Å². The van der Waals surface area contributed by atoms with Gasteiger partial charge >= 0.3 is 0 Å². The third-order valence-electron chi connectivity index (χ3n) is 2.52. The number of anilines is 1. The van der Waals surface area contributed by atoms with Crippen LogP contribution in [0.3, 0.4) is 0 Å². The first kappa shape index (κ1) is 14.2. The molecule has 0 aliphatic carbocycles. The molecule has 1 N–H and O–H groups in total. The molecule has 100 valence electrons. The number of nitrogens with zero attached hydrogens (tertiary/aromatic N) is 1. The quantitative estimate of drug-likeness (QED) is 0.905. The molecule has 0 saturated heterocycles. The van der Waals surface area contributed by atoms with Crippen molar-refractivity contribution in [3.05, 3.63) is 63.6 Å². The topological polar surface area (TPSA) is 52.9 Å². The van der Waals surface area contributed by atoms with Crippen LogP contribution in [0.15, 0.2) is 40.9 Å². The van der Waals surface area contributed by atoms with Crippen LogP contribution in [0.2, 0.25) is 0 Å². The largest absolute Gasteiger partial charge is 0.321 e. The van der Waals surface area contributed by atoms with E-state index in [2.05, 4.69) is 21.2 Å². The van der Waals surface area contributed by atoms with Crippen LogP contribution in [0, 0.1) is 23.0 Å². The van der Waals surface area contributed by atoms with Crippen LogP contribution >= 0.6 is 15.9 Å². The molecule has 6 heteroatoms. The van der Waals surface area contributed by atoms with E-state index in [0.717, 1.165) is 18.2 Å². The molecule has 20 heavy (non-hydrogen) atoms. The molecule has 0 unspecified atom stereocenters. The van der Waals surface area contributed by atoms with Crippen molar-refractivity contribution in [3.63, 3.8) is 0 Å². The molecule has 0 radical (unpaired) electrons. The number of rotatable bonds is 2.